The number of nitrogen functional groups attached to an aromatic ring is 1. The average Bonchev–Trinajstić information content (AvgIpc) is 2.51. The molecule has 0 saturated carbocycles. The highest BCUT2D eigenvalue weighted by molar-refractivity contribution is 9.10. The number of nitrogens with zero attached hydrogens (tertiary/aromatic N) is 1. The van der Waals surface area contributed by atoms with E-state index >= 15 is 0 Å². The third-order valence-corrected chi connectivity index (χ3v) is 3.34. The second-order valence-corrected chi connectivity index (χ2v) is 4.96. The number of fused-ring (bicyclic) bond motifs is 1. The number of halogens is 1. The molecule has 0 spiro atoms. The maximum Gasteiger partial charge on any atom is 0.256 e. The summed E-state index contributed by atoms with van der Waals surface area (Å²) in [6.07, 6.45) is 0. The van der Waals surface area contributed by atoms with Crippen molar-refractivity contribution in [1.29, 1.82) is 0 Å². The molecule has 3 nitrogen and oxygen atoms in total. The first-order chi connectivity index (χ1) is 7.50. The van der Waals surface area contributed by atoms with E-state index in [0.29, 0.717) is 24.3 Å². The number of hydrogen-bond donors (Lipinski definition) is 1. The Kier molecular flexibility index (Phi) is 2.76. The van der Waals surface area contributed by atoms with Gasteiger partial charge in [0, 0.05) is 28.8 Å². The Morgan fingerprint density at radius 1 is 1.62 bits per heavy atom. The van der Waals surface area contributed by atoms with E-state index in [1.54, 1.807) is 11.0 Å². The van der Waals surface area contributed by atoms with E-state index in [-0.39, 0.29) is 5.91 Å². The van der Waals surface area contributed by atoms with E-state index in [4.69, 9.17) is 5.73 Å². The number of carbonyl (C=O) groups excluding carboxylic acids is 1. The van der Waals surface area contributed by atoms with Gasteiger partial charge in [0.2, 0.25) is 0 Å². The molecule has 0 aliphatic carbocycles. The van der Waals surface area contributed by atoms with Crippen molar-refractivity contribution in [3.8, 4) is 0 Å². The lowest BCUT2D eigenvalue weighted by atomic mass is 10.1. The van der Waals surface area contributed by atoms with Crippen LogP contribution in [0.2, 0.25) is 0 Å². The molecule has 0 atom stereocenters. The maximum atomic E-state index is 12.1. The van der Waals surface area contributed by atoms with Crippen molar-refractivity contribution in [3.63, 3.8) is 0 Å². The SMILES string of the molecule is C=C(C)CN1Cc2c(Br)ccc(N)c2C1=O. The Bertz CT molecular complexity index is 482. The van der Waals surface area contributed by atoms with Crippen molar-refractivity contribution in [2.24, 2.45) is 0 Å². The van der Waals surface area contributed by atoms with Crippen LogP contribution in [0.5, 0.6) is 0 Å². The third kappa shape index (κ3) is 1.73. The fourth-order valence-corrected chi connectivity index (χ4v) is 2.38. The molecule has 1 aromatic rings. The first kappa shape index (κ1) is 11.2. The van der Waals surface area contributed by atoms with Crippen molar-refractivity contribution in [2.75, 3.05) is 12.3 Å². The number of rotatable bonds is 2. The molecule has 0 aromatic heterocycles. The van der Waals surface area contributed by atoms with Gasteiger partial charge in [0.25, 0.3) is 5.91 Å². The molecule has 84 valence electrons. The van der Waals surface area contributed by atoms with Gasteiger partial charge < -0.3 is 10.6 Å². The summed E-state index contributed by atoms with van der Waals surface area (Å²) >= 11 is 3.45. The Morgan fingerprint density at radius 2 is 2.31 bits per heavy atom. The van der Waals surface area contributed by atoms with Crippen LogP contribution in [0.3, 0.4) is 0 Å². The van der Waals surface area contributed by atoms with Crippen molar-refractivity contribution in [2.45, 2.75) is 13.5 Å². The monoisotopic (exact) mass is 280 g/mol. The van der Waals surface area contributed by atoms with E-state index in [1.807, 2.05) is 13.0 Å². The number of amides is 1. The van der Waals surface area contributed by atoms with Crippen LogP contribution in [-0.2, 0) is 6.54 Å². The van der Waals surface area contributed by atoms with Crippen molar-refractivity contribution < 1.29 is 4.79 Å². The molecule has 0 unspecified atom stereocenters. The van der Waals surface area contributed by atoms with Crippen LogP contribution in [0.4, 0.5) is 5.69 Å². The van der Waals surface area contributed by atoms with Gasteiger partial charge in [0.15, 0.2) is 0 Å². The van der Waals surface area contributed by atoms with Crippen LogP contribution < -0.4 is 5.73 Å². The molecule has 0 fully saturated rings. The highest BCUT2D eigenvalue weighted by Gasteiger charge is 2.30. The molecular weight excluding hydrogens is 268 g/mol. The smallest absolute Gasteiger partial charge is 0.256 e. The quantitative estimate of drug-likeness (QED) is 0.669. The molecule has 2 rings (SSSR count). The first-order valence-electron chi connectivity index (χ1n) is 5.01. The fraction of sp³-hybridized carbons (Fsp3) is 0.250. The molecule has 16 heavy (non-hydrogen) atoms. The second-order valence-electron chi connectivity index (χ2n) is 4.11. The van der Waals surface area contributed by atoms with Gasteiger partial charge in [-0.05, 0) is 19.1 Å². The zero-order valence-corrected chi connectivity index (χ0v) is 10.7. The molecule has 0 saturated heterocycles. The lowest BCUT2D eigenvalue weighted by Gasteiger charge is -2.15. The van der Waals surface area contributed by atoms with Gasteiger partial charge >= 0.3 is 0 Å². The van der Waals surface area contributed by atoms with Crippen molar-refractivity contribution >= 4 is 27.5 Å². The normalized spacial score (nSPS) is 14.1. The van der Waals surface area contributed by atoms with Crippen LogP contribution in [0, 0.1) is 0 Å². The van der Waals surface area contributed by atoms with E-state index in [9.17, 15) is 4.79 Å². The number of anilines is 1. The number of nitrogens with two attached hydrogens (primary N) is 1. The topological polar surface area (TPSA) is 46.3 Å². The Balaban J connectivity index is 2.42. The molecule has 1 aliphatic heterocycles. The first-order valence-corrected chi connectivity index (χ1v) is 5.80. The van der Waals surface area contributed by atoms with Gasteiger partial charge in [0.1, 0.15) is 0 Å². The van der Waals surface area contributed by atoms with E-state index in [2.05, 4.69) is 22.5 Å². The number of benzene rings is 1. The van der Waals surface area contributed by atoms with Crippen LogP contribution in [-0.4, -0.2) is 17.4 Å². The summed E-state index contributed by atoms with van der Waals surface area (Å²) in [5, 5.41) is 0. The van der Waals surface area contributed by atoms with Gasteiger partial charge in [-0.15, -0.1) is 0 Å². The van der Waals surface area contributed by atoms with Crippen LogP contribution in [0.1, 0.15) is 22.8 Å². The minimum Gasteiger partial charge on any atom is -0.398 e. The fourth-order valence-electron chi connectivity index (χ4n) is 1.92. The summed E-state index contributed by atoms with van der Waals surface area (Å²) in [5.74, 6) is -0.00296. The second kappa shape index (κ2) is 3.94. The minimum absolute atomic E-state index is 0.00296. The molecule has 4 heteroatoms. The largest absolute Gasteiger partial charge is 0.398 e. The lowest BCUT2D eigenvalue weighted by molar-refractivity contribution is 0.0793. The van der Waals surface area contributed by atoms with E-state index in [0.717, 1.165) is 15.6 Å². The summed E-state index contributed by atoms with van der Waals surface area (Å²) in [5.41, 5.74) is 8.96. The van der Waals surface area contributed by atoms with Gasteiger partial charge in [-0.1, -0.05) is 28.1 Å². The van der Waals surface area contributed by atoms with Gasteiger partial charge in [-0.2, -0.15) is 0 Å². The highest BCUT2D eigenvalue weighted by atomic mass is 79.9. The van der Waals surface area contributed by atoms with Gasteiger partial charge in [-0.25, -0.2) is 0 Å². The predicted molar refractivity (Wildman–Crippen MR) is 68.1 cm³/mol. The molecule has 1 amide bonds. The van der Waals surface area contributed by atoms with E-state index in [1.165, 1.54) is 0 Å². The molecule has 2 N–H and O–H groups in total. The number of hydrogen-bond acceptors (Lipinski definition) is 2. The van der Waals surface area contributed by atoms with Crippen LogP contribution >= 0.6 is 15.9 Å². The summed E-state index contributed by atoms with van der Waals surface area (Å²) in [6, 6.07) is 3.64. The molecule has 0 bridgehead atoms. The molecule has 1 heterocycles. The standard InChI is InChI=1S/C12H13BrN2O/c1-7(2)5-15-6-8-9(13)3-4-10(14)11(8)12(15)16/h3-4H,1,5-6,14H2,2H3. The summed E-state index contributed by atoms with van der Waals surface area (Å²) < 4.78 is 0.939. The van der Waals surface area contributed by atoms with Crippen molar-refractivity contribution in [3.05, 3.63) is 39.9 Å². The molecule has 1 aromatic carbocycles. The minimum atomic E-state index is -0.00296. The Hall–Kier alpha value is -1.29. The summed E-state index contributed by atoms with van der Waals surface area (Å²) in [6.45, 7) is 6.92. The van der Waals surface area contributed by atoms with E-state index < -0.39 is 0 Å². The van der Waals surface area contributed by atoms with Crippen LogP contribution in [0.25, 0.3) is 0 Å². The highest BCUT2D eigenvalue weighted by Crippen LogP contribution is 2.33. The van der Waals surface area contributed by atoms with Gasteiger partial charge in [0.05, 0.1) is 5.56 Å². The molecular formula is C12H13BrN2O. The zero-order valence-electron chi connectivity index (χ0n) is 9.09. The lowest BCUT2D eigenvalue weighted by Crippen LogP contribution is -2.25. The molecule has 0 radical (unpaired) electrons. The Morgan fingerprint density at radius 3 is 2.88 bits per heavy atom. The van der Waals surface area contributed by atoms with Gasteiger partial charge in [-0.3, -0.25) is 4.79 Å². The maximum absolute atomic E-state index is 12.1. The zero-order chi connectivity index (χ0) is 11.9. The predicted octanol–water partition coefficient (Wildman–Crippen LogP) is 2.56. The Labute approximate surface area is 103 Å². The summed E-state index contributed by atoms with van der Waals surface area (Å²) in [4.78, 5) is 13.8. The number of carbonyl (C=O) groups is 1. The molecule has 1 aliphatic rings. The third-order valence-electron chi connectivity index (χ3n) is 2.60. The van der Waals surface area contributed by atoms with Crippen LogP contribution in [0.15, 0.2) is 28.8 Å². The van der Waals surface area contributed by atoms with Crippen molar-refractivity contribution in [1.82, 2.24) is 4.90 Å². The summed E-state index contributed by atoms with van der Waals surface area (Å²) in [7, 11) is 0. The average molecular weight is 281 g/mol.